The molecule has 1 aliphatic carbocycles. The zero-order valence-corrected chi connectivity index (χ0v) is 17.6. The van der Waals surface area contributed by atoms with Crippen molar-refractivity contribution < 1.29 is 4.79 Å². The fourth-order valence-electron chi connectivity index (χ4n) is 3.71. The number of aryl methyl sites for hydroxylation is 1. The molecular weight excluding hydrogens is 364 g/mol. The molecule has 1 aromatic heterocycles. The Hall–Kier alpha value is -2.83. The third-order valence-corrected chi connectivity index (χ3v) is 5.28. The Kier molecular flexibility index (Phi) is 7.27. The lowest BCUT2D eigenvalue weighted by Crippen LogP contribution is -2.42. The molecule has 156 valence electrons. The number of aromatic nitrogens is 2. The molecule has 3 N–H and O–H groups in total. The predicted octanol–water partition coefficient (Wildman–Crippen LogP) is 4.04. The average molecular weight is 397 g/mol. The van der Waals surface area contributed by atoms with Crippen LogP contribution in [-0.4, -0.2) is 42.2 Å². The van der Waals surface area contributed by atoms with Crippen molar-refractivity contribution in [2.75, 3.05) is 29.6 Å². The van der Waals surface area contributed by atoms with Crippen LogP contribution in [0.1, 0.15) is 44.6 Å². The number of benzene rings is 1. The zero-order chi connectivity index (χ0) is 20.6. The number of carbonyl (C=O) groups is 1. The Balaban J connectivity index is 1.46. The zero-order valence-electron chi connectivity index (χ0n) is 17.6. The number of rotatable bonds is 7. The molecule has 0 unspecified atom stereocenters. The number of nitrogens with zero attached hydrogens (tertiary/aromatic N) is 3. The first kappa shape index (κ1) is 20.9. The molecule has 2 amide bonds. The molecule has 29 heavy (non-hydrogen) atoms. The van der Waals surface area contributed by atoms with E-state index < -0.39 is 0 Å². The van der Waals surface area contributed by atoms with E-state index in [-0.39, 0.29) is 12.1 Å². The predicted molar refractivity (Wildman–Crippen MR) is 119 cm³/mol. The number of urea groups is 1. The molecule has 0 saturated heterocycles. The maximum atomic E-state index is 12.4. The number of para-hydroxylation sites is 1. The molecule has 3 rings (SSSR count). The summed E-state index contributed by atoms with van der Waals surface area (Å²) >= 11 is 0. The first-order valence-electron chi connectivity index (χ1n) is 10.5. The lowest BCUT2D eigenvalue weighted by Gasteiger charge is -2.30. The van der Waals surface area contributed by atoms with Crippen LogP contribution in [-0.2, 0) is 6.42 Å². The van der Waals surface area contributed by atoms with Gasteiger partial charge in [-0.15, -0.1) is 0 Å². The van der Waals surface area contributed by atoms with Crippen molar-refractivity contribution in [2.24, 2.45) is 0 Å². The molecule has 7 nitrogen and oxygen atoms in total. The molecule has 1 aliphatic rings. The van der Waals surface area contributed by atoms with E-state index in [0.717, 1.165) is 50.0 Å². The van der Waals surface area contributed by atoms with Crippen LogP contribution < -0.4 is 20.9 Å². The van der Waals surface area contributed by atoms with Crippen LogP contribution in [0.5, 0.6) is 0 Å². The molecule has 0 atom stereocenters. The standard InChI is InChI=1S/C22H32N6O/c1-4-7-16-8-5-6-9-19(16)26-22(29)25-18-12-10-17(11-13-18)24-21-23-15-14-20(27-21)28(2)3/h5-6,8-9,14-15,17-18H,4,7,10-13H2,1-3H3,(H,23,24,27)(H2,25,26,29). The Morgan fingerprint density at radius 1 is 1.10 bits per heavy atom. The van der Waals surface area contributed by atoms with Crippen LogP contribution in [0.3, 0.4) is 0 Å². The SMILES string of the molecule is CCCc1ccccc1NC(=O)NC1CCC(Nc2nccc(N(C)C)n2)CC1. The van der Waals surface area contributed by atoms with Crippen molar-refractivity contribution in [3.05, 3.63) is 42.1 Å². The lowest BCUT2D eigenvalue weighted by molar-refractivity contribution is 0.243. The maximum Gasteiger partial charge on any atom is 0.319 e. The lowest BCUT2D eigenvalue weighted by atomic mass is 9.91. The van der Waals surface area contributed by atoms with Gasteiger partial charge in [0.25, 0.3) is 0 Å². The smallest absolute Gasteiger partial charge is 0.319 e. The molecule has 7 heteroatoms. The van der Waals surface area contributed by atoms with E-state index in [2.05, 4.69) is 38.9 Å². The number of carbonyl (C=O) groups excluding carboxylic acids is 1. The van der Waals surface area contributed by atoms with Gasteiger partial charge in [0.15, 0.2) is 0 Å². The minimum atomic E-state index is -0.119. The second-order valence-corrected chi connectivity index (χ2v) is 7.83. The second kappa shape index (κ2) is 10.1. The average Bonchev–Trinajstić information content (AvgIpc) is 2.71. The van der Waals surface area contributed by atoms with E-state index in [1.165, 1.54) is 5.56 Å². The van der Waals surface area contributed by atoms with Gasteiger partial charge in [0.1, 0.15) is 5.82 Å². The van der Waals surface area contributed by atoms with E-state index in [0.29, 0.717) is 12.0 Å². The van der Waals surface area contributed by atoms with E-state index in [9.17, 15) is 4.79 Å². The maximum absolute atomic E-state index is 12.4. The van der Waals surface area contributed by atoms with E-state index in [1.54, 1.807) is 6.20 Å². The van der Waals surface area contributed by atoms with Crippen molar-refractivity contribution in [3.8, 4) is 0 Å². The minimum Gasteiger partial charge on any atom is -0.363 e. The van der Waals surface area contributed by atoms with Crippen LogP contribution >= 0.6 is 0 Å². The van der Waals surface area contributed by atoms with Gasteiger partial charge in [-0.05, 0) is 49.8 Å². The summed E-state index contributed by atoms with van der Waals surface area (Å²) < 4.78 is 0. The van der Waals surface area contributed by atoms with Crippen LogP contribution in [0.4, 0.5) is 22.2 Å². The summed E-state index contributed by atoms with van der Waals surface area (Å²) in [5.41, 5.74) is 2.08. The molecular formula is C22H32N6O. The molecule has 2 aromatic rings. The molecule has 0 bridgehead atoms. The number of hydrogen-bond acceptors (Lipinski definition) is 5. The second-order valence-electron chi connectivity index (χ2n) is 7.83. The Morgan fingerprint density at radius 3 is 2.55 bits per heavy atom. The topological polar surface area (TPSA) is 82.2 Å². The highest BCUT2D eigenvalue weighted by Gasteiger charge is 2.23. The summed E-state index contributed by atoms with van der Waals surface area (Å²) in [6.45, 7) is 2.14. The quantitative estimate of drug-likeness (QED) is 0.658. The number of anilines is 3. The first-order valence-corrected chi connectivity index (χ1v) is 10.5. The Morgan fingerprint density at radius 2 is 1.83 bits per heavy atom. The molecule has 1 heterocycles. The minimum absolute atomic E-state index is 0.119. The normalized spacial score (nSPS) is 18.7. The number of amides is 2. The highest BCUT2D eigenvalue weighted by Crippen LogP contribution is 2.22. The van der Waals surface area contributed by atoms with Gasteiger partial charge >= 0.3 is 6.03 Å². The van der Waals surface area contributed by atoms with E-state index in [4.69, 9.17) is 0 Å². The van der Waals surface area contributed by atoms with Crippen molar-refractivity contribution >= 4 is 23.5 Å². The fraction of sp³-hybridized carbons (Fsp3) is 0.500. The van der Waals surface area contributed by atoms with Crippen molar-refractivity contribution in [3.63, 3.8) is 0 Å². The van der Waals surface area contributed by atoms with Gasteiger partial charge in [0.05, 0.1) is 0 Å². The van der Waals surface area contributed by atoms with Gasteiger partial charge in [-0.3, -0.25) is 0 Å². The highest BCUT2D eigenvalue weighted by atomic mass is 16.2. The summed E-state index contributed by atoms with van der Waals surface area (Å²) in [4.78, 5) is 23.3. The van der Waals surface area contributed by atoms with Crippen molar-refractivity contribution in [1.82, 2.24) is 15.3 Å². The van der Waals surface area contributed by atoms with Crippen LogP contribution in [0.25, 0.3) is 0 Å². The van der Waals surface area contributed by atoms with E-state index >= 15 is 0 Å². The Labute approximate surface area is 173 Å². The number of hydrogen-bond donors (Lipinski definition) is 3. The van der Waals surface area contributed by atoms with Gasteiger partial charge in [0.2, 0.25) is 5.95 Å². The van der Waals surface area contributed by atoms with Crippen LogP contribution in [0.2, 0.25) is 0 Å². The number of nitrogens with one attached hydrogen (secondary N) is 3. The first-order chi connectivity index (χ1) is 14.0. The van der Waals surface area contributed by atoms with Crippen LogP contribution in [0.15, 0.2) is 36.5 Å². The summed E-state index contributed by atoms with van der Waals surface area (Å²) in [6, 6.07) is 10.3. The molecule has 0 spiro atoms. The summed E-state index contributed by atoms with van der Waals surface area (Å²) in [7, 11) is 3.93. The van der Waals surface area contributed by atoms with E-state index in [1.807, 2.05) is 43.3 Å². The van der Waals surface area contributed by atoms with Crippen molar-refractivity contribution in [2.45, 2.75) is 57.5 Å². The highest BCUT2D eigenvalue weighted by molar-refractivity contribution is 5.90. The van der Waals surface area contributed by atoms with Crippen molar-refractivity contribution in [1.29, 1.82) is 0 Å². The third-order valence-electron chi connectivity index (χ3n) is 5.28. The fourth-order valence-corrected chi connectivity index (χ4v) is 3.71. The molecule has 1 aromatic carbocycles. The molecule has 1 fully saturated rings. The van der Waals surface area contributed by atoms with Gasteiger partial charge < -0.3 is 20.9 Å². The largest absolute Gasteiger partial charge is 0.363 e. The van der Waals surface area contributed by atoms with Gasteiger partial charge in [-0.1, -0.05) is 31.5 Å². The molecule has 1 saturated carbocycles. The summed E-state index contributed by atoms with van der Waals surface area (Å²) in [5.74, 6) is 1.55. The molecule has 0 aliphatic heterocycles. The van der Waals surface area contributed by atoms with Crippen LogP contribution in [0, 0.1) is 0 Å². The Bertz CT molecular complexity index is 801. The van der Waals surface area contributed by atoms with Gasteiger partial charge in [-0.2, -0.15) is 4.98 Å². The summed E-state index contributed by atoms with van der Waals surface area (Å²) in [6.07, 6.45) is 7.63. The van der Waals surface area contributed by atoms with Gasteiger partial charge in [-0.25, -0.2) is 9.78 Å². The summed E-state index contributed by atoms with van der Waals surface area (Å²) in [5, 5.41) is 9.58. The molecule has 0 radical (unpaired) electrons. The van der Waals surface area contributed by atoms with Gasteiger partial charge in [0, 0.05) is 38.1 Å². The third kappa shape index (κ3) is 6.07. The monoisotopic (exact) mass is 396 g/mol.